The Labute approximate surface area is 343 Å². The Morgan fingerprint density at radius 2 is 1.65 bits per heavy atom. The normalized spacial score (nSPS) is 45.7. The molecule has 3 N–H and O–H groups in total. The minimum atomic E-state index is -1.83. The third-order valence-electron chi connectivity index (χ3n) is 13.2. The number of nitrogens with zero attached hydrogens (tertiary/aromatic N) is 1. The second-order valence-electron chi connectivity index (χ2n) is 14.7. The number of aliphatic hydroxyl groups is 3. The summed E-state index contributed by atoms with van der Waals surface area (Å²) >= 11 is 14.4. The van der Waals surface area contributed by atoms with E-state index in [0.29, 0.717) is 25.1 Å². The molecule has 5 aliphatic carbocycles. The molecule has 6 fully saturated rings. The Kier molecular flexibility index (Phi) is 12.8. The maximum absolute atomic E-state index is 13.8. The number of piperidine rings is 1. The number of ether oxygens (including phenoxy) is 6. The number of likely N-dealkylation sites (tertiary alicyclic amines) is 1. The summed E-state index contributed by atoms with van der Waals surface area (Å²) in [6, 6.07) is 8.18. The number of fused-ring (bicyclic) bond motifs is 2. The van der Waals surface area contributed by atoms with Crippen molar-refractivity contribution < 1.29 is 53.3 Å². The molecular formula is C35H50CaCl3NO11. The fourth-order valence-corrected chi connectivity index (χ4v) is 12.3. The first-order valence-electron chi connectivity index (χ1n) is 17.0. The van der Waals surface area contributed by atoms with Crippen LogP contribution in [0.3, 0.4) is 0 Å². The van der Waals surface area contributed by atoms with Crippen molar-refractivity contribution in [3.8, 4) is 0 Å². The molecule has 12 nitrogen and oxygen atoms in total. The standard InChI is InChI=1S/C34H47NO11.CHCl3.Ca.2H/c1-7-35-15-31(16-41-3)20(37)13-21(42-4)33-19-14-32(40)28(45-30(39)18-11-9-8-10-12-18)22(19)34(46-17(2)36,27(38)29(32)44-6)23(26(33)35)24(43-5)25(31)33;2-1(3)4;;;/h8-12,19-29,37-38,40H,7,13-16H2,1-6H3;1H;;;/t19-,20-,21+,22-,23+,24+,25-,26?,27+,28-,29+,31+,32-,33+,34-;;;;/m1..../s1. The number of alkyl halides is 3. The number of esters is 2. The van der Waals surface area contributed by atoms with Gasteiger partial charge in [-0.3, -0.25) is 9.69 Å². The van der Waals surface area contributed by atoms with E-state index in [1.54, 1.807) is 51.7 Å². The van der Waals surface area contributed by atoms with Gasteiger partial charge in [-0.25, -0.2) is 4.79 Å². The number of aliphatic hydroxyl groups excluding tert-OH is 2. The quantitative estimate of drug-likeness (QED) is 0.189. The molecule has 1 spiro atoms. The summed E-state index contributed by atoms with van der Waals surface area (Å²) in [4.78, 5) is 29.3. The number of rotatable bonds is 9. The van der Waals surface area contributed by atoms with Gasteiger partial charge in [0.05, 0.1) is 30.5 Å². The van der Waals surface area contributed by atoms with Crippen molar-refractivity contribution in [1.29, 1.82) is 0 Å². The van der Waals surface area contributed by atoms with Crippen LogP contribution in [0.15, 0.2) is 30.3 Å². The van der Waals surface area contributed by atoms with Crippen molar-refractivity contribution in [2.24, 2.45) is 34.5 Å². The van der Waals surface area contributed by atoms with Crippen LogP contribution >= 0.6 is 34.8 Å². The van der Waals surface area contributed by atoms with Gasteiger partial charge in [0.15, 0.2) is 9.90 Å². The van der Waals surface area contributed by atoms with Crippen LogP contribution in [0.5, 0.6) is 0 Å². The number of carbonyl (C=O) groups excluding carboxylic acids is 2. The van der Waals surface area contributed by atoms with Crippen molar-refractivity contribution in [3.05, 3.63) is 35.9 Å². The molecule has 1 aliphatic heterocycles. The zero-order valence-corrected chi connectivity index (χ0v) is 31.3. The summed E-state index contributed by atoms with van der Waals surface area (Å²) < 4.78 is 36.6. The van der Waals surface area contributed by atoms with E-state index >= 15 is 0 Å². The summed E-state index contributed by atoms with van der Waals surface area (Å²) in [5, 5.41) is 37.3. The van der Waals surface area contributed by atoms with E-state index < -0.39 is 92.6 Å². The number of carbonyl (C=O) groups is 2. The van der Waals surface area contributed by atoms with Gasteiger partial charge in [-0.2, -0.15) is 0 Å². The van der Waals surface area contributed by atoms with E-state index in [4.69, 9.17) is 63.2 Å². The Morgan fingerprint density at radius 3 is 2.18 bits per heavy atom. The number of benzene rings is 1. The van der Waals surface area contributed by atoms with Crippen LogP contribution in [0, 0.1) is 34.5 Å². The van der Waals surface area contributed by atoms with Crippen molar-refractivity contribution in [1.82, 2.24) is 4.90 Å². The summed E-state index contributed by atoms with van der Waals surface area (Å²) in [6.07, 6.45) is -5.49. The van der Waals surface area contributed by atoms with E-state index in [1.807, 2.05) is 6.92 Å². The van der Waals surface area contributed by atoms with Gasteiger partial charge in [0.2, 0.25) is 0 Å². The van der Waals surface area contributed by atoms with Gasteiger partial charge in [-0.15, -0.1) is 0 Å². The predicted octanol–water partition coefficient (Wildman–Crippen LogP) is 1.72. The summed E-state index contributed by atoms with van der Waals surface area (Å²) in [7, 11) is 6.27. The Balaban J connectivity index is 0.000000959. The third kappa shape index (κ3) is 5.79. The van der Waals surface area contributed by atoms with E-state index in [-0.39, 0.29) is 62.7 Å². The molecule has 16 heteroatoms. The molecular weight excluding hydrogens is 757 g/mol. The van der Waals surface area contributed by atoms with Gasteiger partial charge < -0.3 is 43.7 Å². The first kappa shape index (κ1) is 42.1. The van der Waals surface area contributed by atoms with Gasteiger partial charge >= 0.3 is 49.7 Å². The van der Waals surface area contributed by atoms with Crippen molar-refractivity contribution in [2.75, 3.05) is 48.1 Å². The van der Waals surface area contributed by atoms with Crippen LogP contribution in [0.2, 0.25) is 0 Å². The van der Waals surface area contributed by atoms with Gasteiger partial charge in [0.1, 0.15) is 23.9 Å². The molecule has 0 aromatic heterocycles. The molecule has 6 aliphatic rings. The molecule has 284 valence electrons. The molecule has 15 atom stereocenters. The third-order valence-corrected chi connectivity index (χ3v) is 13.2. The van der Waals surface area contributed by atoms with E-state index in [9.17, 15) is 24.9 Å². The molecule has 1 aromatic carbocycles. The molecule has 5 saturated carbocycles. The molecule has 0 amide bonds. The van der Waals surface area contributed by atoms with Gasteiger partial charge in [-0.05, 0) is 31.0 Å². The minimum absolute atomic E-state index is 0. The number of methoxy groups -OCH3 is 4. The van der Waals surface area contributed by atoms with Crippen molar-refractivity contribution >= 4 is 84.5 Å². The monoisotopic (exact) mass is 805 g/mol. The van der Waals surface area contributed by atoms with Crippen LogP contribution in [-0.2, 0) is 33.2 Å². The molecule has 0 radical (unpaired) electrons. The zero-order valence-electron chi connectivity index (χ0n) is 29.0. The fourth-order valence-electron chi connectivity index (χ4n) is 12.3. The SMILES string of the molecule is CCN1C[C@]2(COC)[C@H](O)C[C@H](OC)[C@]34C1[C@H]([C@H](OC)[C@H]23)[C@]1(OC(C)=O)[C@H]2[C@@H](OC(=O)c3ccccc3)[C@](O)(C[C@H]24)[C@@H](OC)[C@@H]1O.ClC(Cl)Cl.[CaH2]. The average molecular weight is 807 g/mol. The van der Waals surface area contributed by atoms with Gasteiger partial charge in [0, 0.05) is 83.0 Å². The molecule has 7 rings (SSSR count). The van der Waals surface area contributed by atoms with E-state index in [2.05, 4.69) is 4.90 Å². The van der Waals surface area contributed by atoms with E-state index in [1.165, 1.54) is 14.0 Å². The number of hydrogen-bond acceptors (Lipinski definition) is 12. The zero-order chi connectivity index (χ0) is 36.6. The molecule has 1 unspecified atom stereocenters. The average Bonchev–Trinajstić information content (AvgIpc) is 3.45. The maximum atomic E-state index is 13.8. The second-order valence-corrected chi connectivity index (χ2v) is 16.6. The second kappa shape index (κ2) is 15.5. The first-order chi connectivity index (χ1) is 23.7. The molecule has 1 saturated heterocycles. The fraction of sp³-hybridized carbons (Fsp3) is 0.771. The van der Waals surface area contributed by atoms with Crippen LogP contribution in [-0.4, -0.2) is 176 Å². The van der Waals surface area contributed by atoms with E-state index in [0.717, 1.165) is 0 Å². The molecule has 1 aromatic rings. The Bertz CT molecular complexity index is 1430. The molecule has 1 heterocycles. The Hall–Kier alpha value is -0.0303. The molecule has 51 heavy (non-hydrogen) atoms. The van der Waals surface area contributed by atoms with Gasteiger partial charge in [0.25, 0.3) is 0 Å². The van der Waals surface area contributed by atoms with Crippen LogP contribution in [0.4, 0.5) is 0 Å². The van der Waals surface area contributed by atoms with Gasteiger partial charge in [-0.1, -0.05) is 59.9 Å². The van der Waals surface area contributed by atoms with Crippen LogP contribution in [0.25, 0.3) is 0 Å². The summed E-state index contributed by atoms with van der Waals surface area (Å²) in [5.41, 5.74) is -4.79. The van der Waals surface area contributed by atoms with Crippen molar-refractivity contribution in [3.63, 3.8) is 0 Å². The predicted molar refractivity (Wildman–Crippen MR) is 190 cm³/mol. The first-order valence-corrected chi connectivity index (χ1v) is 18.3. The number of halogens is 3. The number of hydrogen-bond donors (Lipinski definition) is 3. The van der Waals surface area contributed by atoms with Crippen LogP contribution < -0.4 is 0 Å². The van der Waals surface area contributed by atoms with Crippen LogP contribution in [0.1, 0.15) is 37.0 Å². The molecule has 7 bridgehead atoms. The Morgan fingerprint density at radius 1 is 1.00 bits per heavy atom. The van der Waals surface area contributed by atoms with Crippen molar-refractivity contribution in [2.45, 2.75) is 84.9 Å². The summed E-state index contributed by atoms with van der Waals surface area (Å²) in [5.74, 6) is -3.65. The summed E-state index contributed by atoms with van der Waals surface area (Å²) in [6.45, 7) is 4.68. The topological polar surface area (TPSA) is 153 Å².